The van der Waals surface area contributed by atoms with Crippen LogP contribution in [0, 0.1) is 0 Å². The first kappa shape index (κ1) is 12.6. The summed E-state index contributed by atoms with van der Waals surface area (Å²) in [6, 6.07) is 0. The molecule has 0 spiro atoms. The van der Waals surface area contributed by atoms with E-state index in [-0.39, 0.29) is 5.97 Å². The number of hydrogen-bond acceptors (Lipinski definition) is 5. The van der Waals surface area contributed by atoms with Crippen LogP contribution in [-0.2, 0) is 14.9 Å². The number of carbonyl (C=O) groups excluding carboxylic acids is 1. The van der Waals surface area contributed by atoms with Crippen LogP contribution in [0.3, 0.4) is 0 Å². The van der Waals surface area contributed by atoms with Crippen molar-refractivity contribution in [1.29, 1.82) is 0 Å². The van der Waals surface area contributed by atoms with E-state index >= 15 is 0 Å². The van der Waals surface area contributed by atoms with Crippen LogP contribution < -0.4 is 0 Å². The van der Waals surface area contributed by atoms with E-state index in [1.165, 1.54) is 12.8 Å². The Morgan fingerprint density at radius 1 is 1.37 bits per heavy atom. The van der Waals surface area contributed by atoms with Gasteiger partial charge in [0.2, 0.25) is 5.89 Å². The van der Waals surface area contributed by atoms with Crippen LogP contribution in [0.15, 0.2) is 4.52 Å². The molecule has 104 valence electrons. The van der Waals surface area contributed by atoms with E-state index < -0.39 is 5.41 Å². The maximum Gasteiger partial charge on any atom is 0.321 e. The molecule has 0 aliphatic heterocycles. The Bertz CT molecular complexity index is 459. The van der Waals surface area contributed by atoms with Crippen LogP contribution in [0.2, 0.25) is 0 Å². The topological polar surface area (TPSA) is 65.2 Å². The molecular weight excluding hydrogens is 244 g/mol. The smallest absolute Gasteiger partial charge is 0.321 e. The van der Waals surface area contributed by atoms with Gasteiger partial charge in [0.15, 0.2) is 5.82 Å². The van der Waals surface area contributed by atoms with Crippen LogP contribution in [0.4, 0.5) is 0 Å². The second-order valence-corrected chi connectivity index (χ2v) is 5.60. The Hall–Kier alpha value is -1.39. The molecule has 1 aromatic rings. The first-order valence-corrected chi connectivity index (χ1v) is 7.27. The fourth-order valence-corrected chi connectivity index (χ4v) is 3.08. The van der Waals surface area contributed by atoms with E-state index in [0.717, 1.165) is 37.9 Å². The van der Waals surface area contributed by atoms with Crippen LogP contribution >= 0.6 is 0 Å². The molecule has 0 saturated heterocycles. The monoisotopic (exact) mass is 264 g/mol. The van der Waals surface area contributed by atoms with E-state index in [2.05, 4.69) is 10.1 Å². The first-order valence-electron chi connectivity index (χ1n) is 7.27. The standard InChI is InChI=1S/C14H20N2O3/c1-2-18-13(17)14(8-5-9-14)12-15-11(16-19-12)10-6-3-4-7-10/h10H,2-9H2,1H3. The number of ether oxygens (including phenoxy) is 1. The van der Waals surface area contributed by atoms with Crippen molar-refractivity contribution in [3.63, 3.8) is 0 Å². The van der Waals surface area contributed by atoms with Crippen molar-refractivity contribution < 1.29 is 14.1 Å². The quantitative estimate of drug-likeness (QED) is 0.782. The Labute approximate surface area is 112 Å². The van der Waals surface area contributed by atoms with Gasteiger partial charge < -0.3 is 9.26 Å². The zero-order valence-electron chi connectivity index (χ0n) is 11.4. The minimum Gasteiger partial charge on any atom is -0.465 e. The number of carbonyl (C=O) groups is 1. The second-order valence-electron chi connectivity index (χ2n) is 5.60. The van der Waals surface area contributed by atoms with Gasteiger partial charge >= 0.3 is 5.97 Å². The lowest BCUT2D eigenvalue weighted by Crippen LogP contribution is -2.44. The Morgan fingerprint density at radius 3 is 2.68 bits per heavy atom. The minimum atomic E-state index is -0.653. The molecule has 5 nitrogen and oxygen atoms in total. The Balaban J connectivity index is 1.82. The molecule has 0 radical (unpaired) electrons. The van der Waals surface area contributed by atoms with Crippen LogP contribution in [0.5, 0.6) is 0 Å². The van der Waals surface area contributed by atoms with Crippen LogP contribution in [-0.4, -0.2) is 22.7 Å². The van der Waals surface area contributed by atoms with Gasteiger partial charge in [0, 0.05) is 5.92 Å². The fraction of sp³-hybridized carbons (Fsp3) is 0.786. The molecule has 2 fully saturated rings. The van der Waals surface area contributed by atoms with Crippen molar-refractivity contribution in [3.05, 3.63) is 11.7 Å². The van der Waals surface area contributed by atoms with Gasteiger partial charge in [-0.15, -0.1) is 0 Å². The molecule has 0 aromatic carbocycles. The molecule has 1 heterocycles. The predicted octanol–water partition coefficient (Wildman–Crippen LogP) is 2.71. The van der Waals surface area contributed by atoms with E-state index in [4.69, 9.17) is 9.26 Å². The van der Waals surface area contributed by atoms with E-state index in [9.17, 15) is 4.79 Å². The van der Waals surface area contributed by atoms with Crippen molar-refractivity contribution in [3.8, 4) is 0 Å². The molecule has 2 aliphatic carbocycles. The maximum absolute atomic E-state index is 12.1. The molecule has 2 saturated carbocycles. The summed E-state index contributed by atoms with van der Waals surface area (Å²) in [5.74, 6) is 1.46. The van der Waals surface area contributed by atoms with Gasteiger partial charge in [-0.25, -0.2) is 0 Å². The molecule has 2 aliphatic rings. The number of nitrogens with zero attached hydrogens (tertiary/aromatic N) is 2. The van der Waals surface area contributed by atoms with Gasteiger partial charge in [-0.1, -0.05) is 24.4 Å². The van der Waals surface area contributed by atoms with E-state index in [1.54, 1.807) is 0 Å². The summed E-state index contributed by atoms with van der Waals surface area (Å²) in [4.78, 5) is 16.6. The summed E-state index contributed by atoms with van der Waals surface area (Å²) in [6.07, 6.45) is 7.27. The normalized spacial score (nSPS) is 22.2. The molecule has 3 rings (SSSR count). The minimum absolute atomic E-state index is 0.206. The number of esters is 1. The summed E-state index contributed by atoms with van der Waals surface area (Å²) in [6.45, 7) is 2.21. The first-order chi connectivity index (χ1) is 9.26. The van der Waals surface area contributed by atoms with Gasteiger partial charge in [-0.2, -0.15) is 4.98 Å². The maximum atomic E-state index is 12.1. The molecule has 0 unspecified atom stereocenters. The lowest BCUT2D eigenvalue weighted by Gasteiger charge is -2.35. The van der Waals surface area contributed by atoms with Crippen LogP contribution in [0.25, 0.3) is 0 Å². The number of aromatic nitrogens is 2. The summed E-state index contributed by atoms with van der Waals surface area (Å²) in [5.41, 5.74) is -0.653. The molecular formula is C14H20N2O3. The third kappa shape index (κ3) is 2.05. The molecule has 0 amide bonds. The summed E-state index contributed by atoms with van der Waals surface area (Å²) >= 11 is 0. The molecule has 0 N–H and O–H groups in total. The highest BCUT2D eigenvalue weighted by Crippen LogP contribution is 2.44. The SMILES string of the molecule is CCOC(=O)C1(c2nc(C3CCCC3)no2)CCC1. The van der Waals surface area contributed by atoms with Crippen molar-refractivity contribution in [1.82, 2.24) is 10.1 Å². The van der Waals surface area contributed by atoms with Gasteiger partial charge in [0.1, 0.15) is 5.41 Å². The van der Waals surface area contributed by atoms with Gasteiger partial charge in [-0.05, 0) is 32.6 Å². The highest BCUT2D eigenvalue weighted by atomic mass is 16.5. The number of rotatable bonds is 4. The van der Waals surface area contributed by atoms with E-state index in [1.807, 2.05) is 6.92 Å². The van der Waals surface area contributed by atoms with Crippen molar-refractivity contribution >= 4 is 5.97 Å². The highest BCUT2D eigenvalue weighted by molar-refractivity contribution is 5.83. The summed E-state index contributed by atoms with van der Waals surface area (Å²) < 4.78 is 10.6. The van der Waals surface area contributed by atoms with Gasteiger partial charge in [0.05, 0.1) is 6.61 Å². The largest absolute Gasteiger partial charge is 0.465 e. The lowest BCUT2D eigenvalue weighted by atomic mass is 9.68. The third-order valence-electron chi connectivity index (χ3n) is 4.44. The predicted molar refractivity (Wildman–Crippen MR) is 67.7 cm³/mol. The van der Waals surface area contributed by atoms with Crippen molar-refractivity contribution in [2.24, 2.45) is 0 Å². The molecule has 0 atom stereocenters. The fourth-order valence-electron chi connectivity index (χ4n) is 3.08. The lowest BCUT2D eigenvalue weighted by molar-refractivity contribution is -0.155. The molecule has 0 bridgehead atoms. The average Bonchev–Trinajstić information content (AvgIpc) is 2.97. The number of hydrogen-bond donors (Lipinski definition) is 0. The second kappa shape index (κ2) is 4.94. The molecule has 5 heteroatoms. The highest BCUT2D eigenvalue weighted by Gasteiger charge is 2.52. The van der Waals surface area contributed by atoms with Crippen molar-refractivity contribution in [2.45, 2.75) is 63.2 Å². The average molecular weight is 264 g/mol. The summed E-state index contributed by atoms with van der Waals surface area (Å²) in [5, 5.41) is 4.09. The zero-order chi connectivity index (χ0) is 13.3. The molecule has 1 aromatic heterocycles. The zero-order valence-corrected chi connectivity index (χ0v) is 11.4. The Morgan fingerprint density at radius 2 is 2.11 bits per heavy atom. The third-order valence-corrected chi connectivity index (χ3v) is 4.44. The van der Waals surface area contributed by atoms with Gasteiger partial charge in [0.25, 0.3) is 0 Å². The van der Waals surface area contributed by atoms with Crippen molar-refractivity contribution in [2.75, 3.05) is 6.61 Å². The summed E-state index contributed by atoms with van der Waals surface area (Å²) in [7, 11) is 0. The Kier molecular flexibility index (Phi) is 3.29. The van der Waals surface area contributed by atoms with Gasteiger partial charge in [-0.3, -0.25) is 4.79 Å². The van der Waals surface area contributed by atoms with Crippen LogP contribution in [0.1, 0.15) is 69.5 Å². The molecule has 19 heavy (non-hydrogen) atoms. The van der Waals surface area contributed by atoms with E-state index in [0.29, 0.717) is 18.4 Å².